The van der Waals surface area contributed by atoms with Gasteiger partial charge in [0.15, 0.2) is 9.84 Å². The molecule has 12 heavy (non-hydrogen) atoms. The molecule has 0 bridgehead atoms. The standard InChI is InChI=1S/C8H15NO2S/c10-12(11)5-1-2-8(12)7-3-4-9-6-7/h7-9H,1-6H2. The third kappa shape index (κ3) is 1.38. The predicted molar refractivity (Wildman–Crippen MR) is 47.8 cm³/mol. The molecule has 2 aliphatic rings. The lowest BCUT2D eigenvalue weighted by Gasteiger charge is -2.15. The largest absolute Gasteiger partial charge is 0.316 e. The van der Waals surface area contributed by atoms with E-state index in [2.05, 4.69) is 5.32 Å². The smallest absolute Gasteiger partial charge is 0.153 e. The zero-order chi connectivity index (χ0) is 8.60. The highest BCUT2D eigenvalue weighted by Gasteiger charge is 2.38. The summed E-state index contributed by atoms with van der Waals surface area (Å²) in [7, 11) is -2.71. The van der Waals surface area contributed by atoms with Gasteiger partial charge in [-0.15, -0.1) is 0 Å². The minimum absolute atomic E-state index is 0.0208. The minimum atomic E-state index is -2.71. The van der Waals surface area contributed by atoms with Crippen molar-refractivity contribution < 1.29 is 8.42 Å². The van der Waals surface area contributed by atoms with E-state index in [9.17, 15) is 8.42 Å². The van der Waals surface area contributed by atoms with Crippen molar-refractivity contribution in [2.75, 3.05) is 18.8 Å². The molecule has 0 spiro atoms. The zero-order valence-corrected chi connectivity index (χ0v) is 7.94. The molecule has 3 nitrogen and oxygen atoms in total. The lowest BCUT2D eigenvalue weighted by Crippen LogP contribution is -2.27. The molecule has 0 aromatic rings. The van der Waals surface area contributed by atoms with E-state index in [4.69, 9.17) is 0 Å². The van der Waals surface area contributed by atoms with Crippen molar-refractivity contribution in [1.82, 2.24) is 5.32 Å². The first-order valence-electron chi connectivity index (χ1n) is 4.62. The SMILES string of the molecule is O=S1(=O)CCCC1C1CCNC1. The van der Waals surface area contributed by atoms with Gasteiger partial charge in [-0.05, 0) is 38.3 Å². The fourth-order valence-corrected chi connectivity index (χ4v) is 4.56. The second-order valence-electron chi connectivity index (χ2n) is 3.80. The second-order valence-corrected chi connectivity index (χ2v) is 6.14. The Morgan fingerprint density at radius 2 is 2.08 bits per heavy atom. The fraction of sp³-hybridized carbons (Fsp3) is 1.00. The van der Waals surface area contributed by atoms with E-state index in [0.29, 0.717) is 11.7 Å². The third-order valence-electron chi connectivity index (χ3n) is 3.00. The quantitative estimate of drug-likeness (QED) is 0.640. The highest BCUT2D eigenvalue weighted by atomic mass is 32.2. The van der Waals surface area contributed by atoms with Crippen molar-refractivity contribution in [3.63, 3.8) is 0 Å². The molecule has 70 valence electrons. The summed E-state index contributed by atoms with van der Waals surface area (Å²) in [6, 6.07) is 0. The van der Waals surface area contributed by atoms with Gasteiger partial charge in [0.2, 0.25) is 0 Å². The van der Waals surface area contributed by atoms with Gasteiger partial charge in [-0.25, -0.2) is 8.42 Å². The molecule has 4 heteroatoms. The Morgan fingerprint density at radius 1 is 1.25 bits per heavy atom. The van der Waals surface area contributed by atoms with Gasteiger partial charge < -0.3 is 5.32 Å². The maximum atomic E-state index is 11.5. The minimum Gasteiger partial charge on any atom is -0.316 e. The molecule has 0 amide bonds. The van der Waals surface area contributed by atoms with Crippen LogP contribution in [0.3, 0.4) is 0 Å². The van der Waals surface area contributed by atoms with Crippen molar-refractivity contribution in [3.05, 3.63) is 0 Å². The monoisotopic (exact) mass is 189 g/mol. The van der Waals surface area contributed by atoms with Crippen LogP contribution in [0.2, 0.25) is 0 Å². The maximum absolute atomic E-state index is 11.5. The summed E-state index contributed by atoms with van der Waals surface area (Å²) in [5.74, 6) is 0.825. The van der Waals surface area contributed by atoms with Crippen LogP contribution in [-0.4, -0.2) is 32.5 Å². The summed E-state index contributed by atoms with van der Waals surface area (Å²) in [5, 5.41) is 3.20. The van der Waals surface area contributed by atoms with Crippen molar-refractivity contribution in [1.29, 1.82) is 0 Å². The van der Waals surface area contributed by atoms with Gasteiger partial charge in [0.25, 0.3) is 0 Å². The molecule has 2 rings (SSSR count). The van der Waals surface area contributed by atoms with Crippen molar-refractivity contribution in [2.24, 2.45) is 5.92 Å². The number of hydrogen-bond acceptors (Lipinski definition) is 3. The van der Waals surface area contributed by atoms with Crippen LogP contribution in [0.1, 0.15) is 19.3 Å². The molecule has 0 aromatic heterocycles. The highest BCUT2D eigenvalue weighted by Crippen LogP contribution is 2.29. The van der Waals surface area contributed by atoms with Gasteiger partial charge in [0.1, 0.15) is 0 Å². The summed E-state index contributed by atoms with van der Waals surface area (Å²) in [6.07, 6.45) is 2.82. The van der Waals surface area contributed by atoms with E-state index >= 15 is 0 Å². The Kier molecular flexibility index (Phi) is 2.12. The van der Waals surface area contributed by atoms with Gasteiger partial charge in [0, 0.05) is 0 Å². The van der Waals surface area contributed by atoms with Gasteiger partial charge >= 0.3 is 0 Å². The summed E-state index contributed by atoms with van der Waals surface area (Å²) >= 11 is 0. The predicted octanol–water partition coefficient (Wildman–Crippen LogP) is 0.173. The molecule has 2 unspecified atom stereocenters. The molecule has 1 N–H and O–H groups in total. The van der Waals surface area contributed by atoms with Crippen LogP contribution in [-0.2, 0) is 9.84 Å². The molecule has 2 heterocycles. The first-order valence-corrected chi connectivity index (χ1v) is 6.34. The Hall–Kier alpha value is -0.0900. The van der Waals surface area contributed by atoms with Crippen molar-refractivity contribution >= 4 is 9.84 Å². The lowest BCUT2D eigenvalue weighted by atomic mass is 10.0. The molecule has 0 saturated carbocycles. The molecule has 2 aliphatic heterocycles. The first kappa shape index (κ1) is 8.51. The average molecular weight is 189 g/mol. The van der Waals surface area contributed by atoms with Crippen LogP contribution in [0.5, 0.6) is 0 Å². The molecule has 0 aromatic carbocycles. The highest BCUT2D eigenvalue weighted by molar-refractivity contribution is 7.92. The lowest BCUT2D eigenvalue weighted by molar-refractivity contribution is 0.505. The van der Waals surface area contributed by atoms with E-state index in [-0.39, 0.29) is 5.25 Å². The van der Waals surface area contributed by atoms with E-state index in [1.165, 1.54) is 0 Å². The number of rotatable bonds is 1. The van der Waals surface area contributed by atoms with E-state index in [0.717, 1.165) is 32.4 Å². The number of nitrogens with one attached hydrogen (secondary N) is 1. The fourth-order valence-electron chi connectivity index (χ4n) is 2.34. The van der Waals surface area contributed by atoms with E-state index in [1.54, 1.807) is 0 Å². The van der Waals surface area contributed by atoms with Gasteiger partial charge in [-0.2, -0.15) is 0 Å². The molecule has 2 saturated heterocycles. The van der Waals surface area contributed by atoms with Crippen LogP contribution in [0.4, 0.5) is 0 Å². The Morgan fingerprint density at radius 3 is 2.58 bits per heavy atom. The van der Waals surface area contributed by atoms with Gasteiger partial charge in [-0.3, -0.25) is 0 Å². The van der Waals surface area contributed by atoms with Crippen LogP contribution in [0.15, 0.2) is 0 Å². The summed E-state index contributed by atoms with van der Waals surface area (Å²) in [6.45, 7) is 1.90. The van der Waals surface area contributed by atoms with E-state index in [1.807, 2.05) is 0 Å². The van der Waals surface area contributed by atoms with Gasteiger partial charge in [-0.1, -0.05) is 0 Å². The Balaban J connectivity index is 2.12. The summed E-state index contributed by atoms with van der Waals surface area (Å²) in [4.78, 5) is 0. The maximum Gasteiger partial charge on any atom is 0.153 e. The van der Waals surface area contributed by atoms with Crippen molar-refractivity contribution in [3.8, 4) is 0 Å². The van der Waals surface area contributed by atoms with E-state index < -0.39 is 9.84 Å². The molecule has 2 fully saturated rings. The Labute approximate surface area is 73.5 Å². The number of hydrogen-bond donors (Lipinski definition) is 1. The van der Waals surface area contributed by atoms with Crippen LogP contribution >= 0.6 is 0 Å². The van der Waals surface area contributed by atoms with Crippen LogP contribution < -0.4 is 5.32 Å². The first-order chi connectivity index (χ1) is 5.70. The van der Waals surface area contributed by atoms with Gasteiger partial charge in [0.05, 0.1) is 11.0 Å². The van der Waals surface area contributed by atoms with Crippen LogP contribution in [0, 0.1) is 5.92 Å². The number of sulfone groups is 1. The summed E-state index contributed by atoms with van der Waals surface area (Å²) < 4.78 is 23.0. The molecule has 0 radical (unpaired) electrons. The normalized spacial score (nSPS) is 40.3. The molecular formula is C8H15NO2S. The Bertz CT molecular complexity index is 254. The van der Waals surface area contributed by atoms with Crippen LogP contribution in [0.25, 0.3) is 0 Å². The summed E-state index contributed by atoms with van der Waals surface area (Å²) in [5.41, 5.74) is 0. The van der Waals surface area contributed by atoms with Crippen molar-refractivity contribution in [2.45, 2.75) is 24.5 Å². The molecule has 0 aliphatic carbocycles. The average Bonchev–Trinajstić information content (AvgIpc) is 2.55. The zero-order valence-electron chi connectivity index (χ0n) is 7.12. The molecular weight excluding hydrogens is 174 g/mol. The second kappa shape index (κ2) is 3.00. The third-order valence-corrected chi connectivity index (χ3v) is 5.40. The molecule has 2 atom stereocenters. The topological polar surface area (TPSA) is 46.2 Å².